The third-order valence-corrected chi connectivity index (χ3v) is 2.09. The van der Waals surface area contributed by atoms with Crippen LogP contribution in [0.3, 0.4) is 0 Å². The Labute approximate surface area is 93.5 Å². The van der Waals surface area contributed by atoms with E-state index in [-0.39, 0.29) is 12.3 Å². The number of carboxylic acids is 1. The molecule has 0 radical (unpaired) electrons. The van der Waals surface area contributed by atoms with Gasteiger partial charge in [-0.15, -0.1) is 0 Å². The quantitative estimate of drug-likeness (QED) is 0.797. The molecule has 1 aromatic rings. The summed E-state index contributed by atoms with van der Waals surface area (Å²) in [6.45, 7) is 3.20. The van der Waals surface area contributed by atoms with Crippen molar-refractivity contribution < 1.29 is 14.7 Å². The molecule has 1 rings (SSSR count). The summed E-state index contributed by atoms with van der Waals surface area (Å²) in [5, 5.41) is 11.3. The summed E-state index contributed by atoms with van der Waals surface area (Å²) in [4.78, 5) is 25.7. The number of hydrogen-bond acceptors (Lipinski definition) is 3. The third kappa shape index (κ3) is 3.68. The van der Waals surface area contributed by atoms with Crippen molar-refractivity contribution in [1.29, 1.82) is 0 Å². The number of amides is 1. The lowest BCUT2D eigenvalue weighted by Gasteiger charge is -2.15. The summed E-state index contributed by atoms with van der Waals surface area (Å²) in [5.41, 5.74) is 1.55. The molecule has 1 aromatic heterocycles. The van der Waals surface area contributed by atoms with Gasteiger partial charge in [-0.25, -0.2) is 0 Å². The van der Waals surface area contributed by atoms with Crippen molar-refractivity contribution in [2.45, 2.75) is 26.3 Å². The predicted octanol–water partition coefficient (Wildman–Crippen LogP) is 1.04. The van der Waals surface area contributed by atoms with Gasteiger partial charge in [0.2, 0.25) is 5.91 Å². The lowest BCUT2D eigenvalue weighted by atomic mass is 10.1. The minimum atomic E-state index is -0.959. The van der Waals surface area contributed by atoms with E-state index < -0.39 is 12.0 Å². The summed E-state index contributed by atoms with van der Waals surface area (Å²) >= 11 is 0. The minimum Gasteiger partial charge on any atom is -0.481 e. The topological polar surface area (TPSA) is 79.3 Å². The number of hydrogen-bond donors (Lipinski definition) is 2. The van der Waals surface area contributed by atoms with Crippen LogP contribution >= 0.6 is 0 Å². The molecule has 0 spiro atoms. The summed E-state index contributed by atoms with van der Waals surface area (Å²) in [6.07, 6.45) is 1.43. The lowest BCUT2D eigenvalue weighted by molar-refractivity contribution is -0.137. The second-order valence-corrected chi connectivity index (χ2v) is 3.58. The van der Waals surface area contributed by atoms with E-state index in [0.717, 1.165) is 5.69 Å². The van der Waals surface area contributed by atoms with Gasteiger partial charge in [0.15, 0.2) is 0 Å². The van der Waals surface area contributed by atoms with E-state index >= 15 is 0 Å². The van der Waals surface area contributed by atoms with Gasteiger partial charge in [-0.3, -0.25) is 14.6 Å². The van der Waals surface area contributed by atoms with Crippen LogP contribution in [0.25, 0.3) is 0 Å². The van der Waals surface area contributed by atoms with Crippen molar-refractivity contribution in [1.82, 2.24) is 10.3 Å². The molecule has 1 heterocycles. The van der Waals surface area contributed by atoms with Crippen molar-refractivity contribution in [3.8, 4) is 0 Å². The molecule has 1 amide bonds. The molecule has 0 bridgehead atoms. The van der Waals surface area contributed by atoms with Gasteiger partial charge < -0.3 is 10.4 Å². The van der Waals surface area contributed by atoms with Crippen LogP contribution in [0.4, 0.5) is 0 Å². The van der Waals surface area contributed by atoms with E-state index in [9.17, 15) is 9.59 Å². The van der Waals surface area contributed by atoms with E-state index in [1.165, 1.54) is 6.92 Å². The Balaban J connectivity index is 2.86. The predicted molar refractivity (Wildman–Crippen MR) is 57.8 cm³/mol. The molecule has 5 heteroatoms. The van der Waals surface area contributed by atoms with E-state index in [1.807, 2.05) is 6.92 Å². The highest BCUT2D eigenvalue weighted by Gasteiger charge is 2.16. The zero-order valence-electron chi connectivity index (χ0n) is 9.23. The summed E-state index contributed by atoms with van der Waals surface area (Å²) in [5.74, 6) is -1.22. The molecule has 1 atom stereocenters. The highest BCUT2D eigenvalue weighted by molar-refractivity contribution is 5.75. The monoisotopic (exact) mass is 222 g/mol. The van der Waals surface area contributed by atoms with Crippen molar-refractivity contribution in [3.05, 3.63) is 29.6 Å². The van der Waals surface area contributed by atoms with Crippen LogP contribution in [0.5, 0.6) is 0 Å². The zero-order chi connectivity index (χ0) is 12.1. The molecule has 5 nitrogen and oxygen atoms in total. The standard InChI is InChI=1S/C11H14N2O3/c1-7-3-4-9(6-12-7)10(5-11(15)16)13-8(2)14/h3-4,6,10H,5H2,1-2H3,(H,13,14)(H,15,16)/t10-/m0/s1. The molecule has 0 saturated carbocycles. The van der Waals surface area contributed by atoms with Gasteiger partial charge in [0.05, 0.1) is 12.5 Å². The van der Waals surface area contributed by atoms with Crippen molar-refractivity contribution in [2.75, 3.05) is 0 Å². The van der Waals surface area contributed by atoms with Crippen LogP contribution < -0.4 is 5.32 Å². The Bertz CT molecular complexity index is 371. The summed E-state index contributed by atoms with van der Waals surface area (Å²) in [7, 11) is 0. The lowest BCUT2D eigenvalue weighted by Crippen LogP contribution is -2.28. The maximum absolute atomic E-state index is 11.0. The highest BCUT2D eigenvalue weighted by atomic mass is 16.4. The zero-order valence-corrected chi connectivity index (χ0v) is 9.23. The molecule has 2 N–H and O–H groups in total. The molecular weight excluding hydrogens is 208 g/mol. The number of carbonyl (C=O) groups excluding carboxylic acids is 1. The first-order valence-corrected chi connectivity index (χ1v) is 4.90. The first-order valence-electron chi connectivity index (χ1n) is 4.90. The first kappa shape index (κ1) is 12.2. The Morgan fingerprint density at radius 1 is 1.50 bits per heavy atom. The van der Waals surface area contributed by atoms with Gasteiger partial charge in [-0.2, -0.15) is 0 Å². The first-order chi connectivity index (χ1) is 7.49. The van der Waals surface area contributed by atoms with Crippen LogP contribution in [0, 0.1) is 6.92 Å². The fourth-order valence-corrected chi connectivity index (χ4v) is 1.36. The van der Waals surface area contributed by atoms with Gasteiger partial charge in [0.25, 0.3) is 0 Å². The average molecular weight is 222 g/mol. The smallest absolute Gasteiger partial charge is 0.305 e. The maximum Gasteiger partial charge on any atom is 0.305 e. The summed E-state index contributed by atoms with van der Waals surface area (Å²) < 4.78 is 0. The van der Waals surface area contributed by atoms with Crippen molar-refractivity contribution in [2.24, 2.45) is 0 Å². The number of nitrogens with one attached hydrogen (secondary N) is 1. The van der Waals surface area contributed by atoms with Crippen LogP contribution in [-0.4, -0.2) is 22.0 Å². The Kier molecular flexibility index (Phi) is 3.99. The third-order valence-electron chi connectivity index (χ3n) is 2.09. The molecule has 0 aromatic carbocycles. The number of rotatable bonds is 4. The van der Waals surface area contributed by atoms with Crippen molar-refractivity contribution >= 4 is 11.9 Å². The van der Waals surface area contributed by atoms with Crippen LogP contribution in [0.1, 0.15) is 30.6 Å². The highest BCUT2D eigenvalue weighted by Crippen LogP contribution is 2.16. The number of aliphatic carboxylic acids is 1. The largest absolute Gasteiger partial charge is 0.481 e. The molecule has 0 fully saturated rings. The van der Waals surface area contributed by atoms with E-state index in [2.05, 4.69) is 10.3 Å². The molecule has 16 heavy (non-hydrogen) atoms. The van der Waals surface area contributed by atoms with E-state index in [1.54, 1.807) is 18.3 Å². The molecule has 0 aliphatic carbocycles. The number of nitrogens with zero attached hydrogens (tertiary/aromatic N) is 1. The van der Waals surface area contributed by atoms with Gasteiger partial charge in [-0.1, -0.05) is 6.07 Å². The van der Waals surface area contributed by atoms with Crippen LogP contribution in [0.2, 0.25) is 0 Å². The SMILES string of the molecule is CC(=O)N[C@@H](CC(=O)O)c1ccc(C)nc1. The van der Waals surface area contributed by atoms with E-state index in [0.29, 0.717) is 5.56 Å². The normalized spacial score (nSPS) is 11.9. The van der Waals surface area contributed by atoms with Crippen LogP contribution in [-0.2, 0) is 9.59 Å². The van der Waals surface area contributed by atoms with Crippen molar-refractivity contribution in [3.63, 3.8) is 0 Å². The maximum atomic E-state index is 11.0. The fraction of sp³-hybridized carbons (Fsp3) is 0.364. The number of pyridine rings is 1. The van der Waals surface area contributed by atoms with E-state index in [4.69, 9.17) is 5.11 Å². The fourth-order valence-electron chi connectivity index (χ4n) is 1.36. The van der Waals surface area contributed by atoms with Crippen LogP contribution in [0.15, 0.2) is 18.3 Å². The number of aryl methyl sites for hydroxylation is 1. The molecule has 0 saturated heterocycles. The minimum absolute atomic E-state index is 0.148. The second kappa shape index (κ2) is 5.25. The second-order valence-electron chi connectivity index (χ2n) is 3.58. The Morgan fingerprint density at radius 3 is 2.62 bits per heavy atom. The Morgan fingerprint density at radius 2 is 2.19 bits per heavy atom. The van der Waals surface area contributed by atoms with Gasteiger partial charge >= 0.3 is 5.97 Å². The molecule has 86 valence electrons. The van der Waals surface area contributed by atoms with Gasteiger partial charge in [0.1, 0.15) is 0 Å². The Hall–Kier alpha value is -1.91. The number of aromatic nitrogens is 1. The molecule has 0 unspecified atom stereocenters. The number of carbonyl (C=O) groups is 2. The average Bonchev–Trinajstić information content (AvgIpc) is 2.16. The summed E-state index contributed by atoms with van der Waals surface area (Å²) in [6, 6.07) is 3.03. The van der Waals surface area contributed by atoms with Gasteiger partial charge in [0, 0.05) is 18.8 Å². The molecular formula is C11H14N2O3. The number of carboxylic acid groups (broad SMARTS) is 1. The van der Waals surface area contributed by atoms with Gasteiger partial charge in [-0.05, 0) is 18.6 Å². The molecule has 0 aliphatic heterocycles. The molecule has 0 aliphatic rings.